The largest absolute Gasteiger partial charge is 0.426 e. The fourth-order valence-electron chi connectivity index (χ4n) is 3.73. The van der Waals surface area contributed by atoms with E-state index in [0.717, 1.165) is 26.2 Å². The predicted octanol–water partition coefficient (Wildman–Crippen LogP) is 0.714. The number of rotatable bonds is 4. The van der Waals surface area contributed by atoms with Gasteiger partial charge in [0.1, 0.15) is 6.34 Å². The lowest BCUT2D eigenvalue weighted by atomic mass is 10.0. The smallest absolute Gasteiger partial charge is 0.411 e. The molecule has 0 saturated heterocycles. The van der Waals surface area contributed by atoms with Crippen molar-refractivity contribution in [2.75, 3.05) is 40.1 Å². The van der Waals surface area contributed by atoms with Gasteiger partial charge < -0.3 is 14.5 Å². The minimum Gasteiger partial charge on any atom is -0.426 e. The van der Waals surface area contributed by atoms with Crippen LogP contribution in [0.25, 0.3) is 0 Å². The summed E-state index contributed by atoms with van der Waals surface area (Å²) in [4.78, 5) is 18.9. The van der Waals surface area contributed by atoms with Gasteiger partial charge in [-0.05, 0) is 11.1 Å². The number of carbonyl (C=O) groups excluding carboxylic acids is 1. The molecule has 0 bridgehead atoms. The van der Waals surface area contributed by atoms with Gasteiger partial charge in [0.15, 0.2) is 6.73 Å². The van der Waals surface area contributed by atoms with E-state index < -0.39 is 0 Å². The third kappa shape index (κ3) is 4.15. The highest BCUT2D eigenvalue weighted by atomic mass is 16.6. The molecule has 3 aliphatic heterocycles. The van der Waals surface area contributed by atoms with Crippen molar-refractivity contribution in [3.63, 3.8) is 0 Å². The Kier molecular flexibility index (Phi) is 5.12. The molecule has 0 fully saturated rings. The maximum Gasteiger partial charge on any atom is 0.411 e. The fourth-order valence-corrected chi connectivity index (χ4v) is 3.73. The molecule has 4 rings (SSSR count). The van der Waals surface area contributed by atoms with Gasteiger partial charge in [-0.1, -0.05) is 30.3 Å². The van der Waals surface area contributed by atoms with Crippen molar-refractivity contribution in [2.45, 2.75) is 13.0 Å². The van der Waals surface area contributed by atoms with Gasteiger partial charge in [0, 0.05) is 45.3 Å². The average Bonchev–Trinajstić information content (AvgIpc) is 3.20. The van der Waals surface area contributed by atoms with Crippen molar-refractivity contribution >= 4 is 12.4 Å². The maximum atomic E-state index is 12.4. The first-order chi connectivity index (χ1) is 13.2. The van der Waals surface area contributed by atoms with Crippen LogP contribution in [-0.2, 0) is 11.3 Å². The van der Waals surface area contributed by atoms with E-state index in [9.17, 15) is 4.79 Å². The van der Waals surface area contributed by atoms with Gasteiger partial charge in [-0.2, -0.15) is 5.10 Å². The van der Waals surface area contributed by atoms with Crippen LogP contribution in [0.4, 0.5) is 4.79 Å². The Balaban J connectivity index is 1.35. The van der Waals surface area contributed by atoms with Gasteiger partial charge in [-0.3, -0.25) is 4.90 Å². The van der Waals surface area contributed by atoms with E-state index in [-0.39, 0.29) is 12.8 Å². The summed E-state index contributed by atoms with van der Waals surface area (Å²) in [5, 5.41) is 5.33. The highest BCUT2D eigenvalue weighted by Crippen LogP contribution is 2.26. The van der Waals surface area contributed by atoms with Crippen LogP contribution in [0.2, 0.25) is 0 Å². The average molecular weight is 371 g/mol. The van der Waals surface area contributed by atoms with Gasteiger partial charge in [-0.15, -0.1) is 5.53 Å². The Bertz CT molecular complexity index is 736. The van der Waals surface area contributed by atoms with Crippen LogP contribution in [0, 0.1) is 0 Å². The van der Waals surface area contributed by atoms with Crippen molar-refractivity contribution in [1.29, 1.82) is 0 Å². The molecule has 0 atom stereocenters. The number of hydrogen-bond acceptors (Lipinski definition) is 8. The van der Waals surface area contributed by atoms with E-state index in [0.29, 0.717) is 13.1 Å². The van der Waals surface area contributed by atoms with Gasteiger partial charge in [0.05, 0.1) is 6.67 Å². The molecule has 9 heteroatoms. The Labute approximate surface area is 158 Å². The van der Waals surface area contributed by atoms with Crippen molar-refractivity contribution in [3.05, 3.63) is 47.2 Å². The topological polar surface area (TPSA) is 75.7 Å². The molecule has 3 heterocycles. The van der Waals surface area contributed by atoms with Crippen LogP contribution >= 0.6 is 0 Å². The number of carbonyl (C=O) groups is 1. The number of benzene rings is 1. The number of amides is 1. The first-order valence-corrected chi connectivity index (χ1v) is 9.09. The zero-order valence-corrected chi connectivity index (χ0v) is 15.5. The molecule has 144 valence electrons. The number of hydrazone groups is 1. The zero-order valence-electron chi connectivity index (χ0n) is 15.5. The molecule has 1 amide bonds. The van der Waals surface area contributed by atoms with Gasteiger partial charge >= 0.3 is 6.09 Å². The Morgan fingerprint density at radius 3 is 2.89 bits per heavy atom. The standard InChI is InChI=1S/C18H25N7O2/c1-22-13-23(9-15-5-3-2-4-6-15)10-16-11-24(8-7-17(16)22)18(26)27-14-25-12-19-20-21-25/h2-6,12,20-21H,7-11,13-14H2,1H3. The molecular formula is C18H25N7O2. The van der Waals surface area contributed by atoms with Crippen LogP contribution in [-0.4, -0.2) is 72.2 Å². The lowest BCUT2D eigenvalue weighted by Gasteiger charge is -2.42. The molecule has 27 heavy (non-hydrogen) atoms. The zero-order chi connectivity index (χ0) is 18.6. The van der Waals surface area contributed by atoms with E-state index in [1.807, 2.05) is 6.07 Å². The lowest BCUT2D eigenvalue weighted by molar-refractivity contribution is 0.0516. The Morgan fingerprint density at radius 2 is 2.11 bits per heavy atom. The highest BCUT2D eigenvalue weighted by molar-refractivity contribution is 5.68. The highest BCUT2D eigenvalue weighted by Gasteiger charge is 2.30. The molecule has 0 aliphatic carbocycles. The molecular weight excluding hydrogens is 346 g/mol. The number of nitrogens with zero attached hydrogens (tertiary/aromatic N) is 5. The van der Waals surface area contributed by atoms with Crippen LogP contribution in [0.5, 0.6) is 0 Å². The monoisotopic (exact) mass is 371 g/mol. The number of hydrazine groups is 2. The predicted molar refractivity (Wildman–Crippen MR) is 101 cm³/mol. The Hall–Kier alpha value is -2.78. The summed E-state index contributed by atoms with van der Waals surface area (Å²) < 4.78 is 5.36. The Morgan fingerprint density at radius 1 is 1.26 bits per heavy atom. The molecule has 0 aromatic heterocycles. The fraction of sp³-hybridized carbons (Fsp3) is 0.444. The normalized spacial score (nSPS) is 20.0. The summed E-state index contributed by atoms with van der Waals surface area (Å²) in [6.45, 7) is 4.09. The summed E-state index contributed by atoms with van der Waals surface area (Å²) in [5.41, 5.74) is 9.26. The molecule has 0 unspecified atom stereocenters. The number of nitrogens with one attached hydrogen (secondary N) is 2. The first-order valence-electron chi connectivity index (χ1n) is 9.09. The van der Waals surface area contributed by atoms with Gasteiger partial charge in [-0.25, -0.2) is 15.3 Å². The minimum atomic E-state index is -0.300. The van der Waals surface area contributed by atoms with Crippen molar-refractivity contribution < 1.29 is 9.53 Å². The second-order valence-corrected chi connectivity index (χ2v) is 7.01. The first kappa shape index (κ1) is 17.6. The minimum absolute atomic E-state index is 0.109. The summed E-state index contributed by atoms with van der Waals surface area (Å²) in [6.07, 6.45) is 2.10. The van der Waals surface area contributed by atoms with Crippen LogP contribution in [0.15, 0.2) is 46.7 Å². The van der Waals surface area contributed by atoms with E-state index in [4.69, 9.17) is 4.74 Å². The SMILES string of the molecule is CN1CN(Cc2ccccc2)CC2=C1CCN(C(=O)OCN1C=NNN1)C2. The molecule has 0 saturated carbocycles. The number of hydrogen-bond donors (Lipinski definition) is 2. The second kappa shape index (κ2) is 7.85. The molecule has 1 aromatic carbocycles. The van der Waals surface area contributed by atoms with E-state index in [1.165, 1.54) is 23.2 Å². The van der Waals surface area contributed by atoms with Crippen LogP contribution < -0.4 is 11.1 Å². The van der Waals surface area contributed by atoms with Crippen LogP contribution in [0.1, 0.15) is 12.0 Å². The second-order valence-electron chi connectivity index (χ2n) is 7.01. The van der Waals surface area contributed by atoms with Crippen LogP contribution in [0.3, 0.4) is 0 Å². The molecule has 0 spiro atoms. The van der Waals surface area contributed by atoms with Gasteiger partial charge in [0.2, 0.25) is 0 Å². The van der Waals surface area contributed by atoms with Crippen molar-refractivity contribution in [1.82, 2.24) is 30.8 Å². The van der Waals surface area contributed by atoms with Crippen molar-refractivity contribution in [2.24, 2.45) is 5.10 Å². The van der Waals surface area contributed by atoms with E-state index in [1.54, 1.807) is 9.91 Å². The van der Waals surface area contributed by atoms with Crippen molar-refractivity contribution in [3.8, 4) is 0 Å². The molecule has 9 nitrogen and oxygen atoms in total. The van der Waals surface area contributed by atoms with Gasteiger partial charge in [0.25, 0.3) is 0 Å². The molecule has 3 aliphatic rings. The molecule has 2 N–H and O–H groups in total. The maximum absolute atomic E-state index is 12.4. The summed E-state index contributed by atoms with van der Waals surface area (Å²) in [6, 6.07) is 10.5. The third-order valence-electron chi connectivity index (χ3n) is 4.99. The lowest BCUT2D eigenvalue weighted by Crippen LogP contribution is -2.49. The summed E-state index contributed by atoms with van der Waals surface area (Å²) in [5.74, 6) is 0. The van der Waals surface area contributed by atoms with E-state index >= 15 is 0 Å². The van der Waals surface area contributed by atoms with E-state index in [2.05, 4.69) is 57.3 Å². The molecule has 0 radical (unpaired) electrons. The number of ether oxygens (including phenoxy) is 1. The molecule has 1 aromatic rings. The third-order valence-corrected chi connectivity index (χ3v) is 4.99. The summed E-state index contributed by atoms with van der Waals surface area (Å²) >= 11 is 0. The summed E-state index contributed by atoms with van der Waals surface area (Å²) in [7, 11) is 2.13. The quantitative estimate of drug-likeness (QED) is 0.807.